The molecule has 1 aliphatic heterocycles. The average Bonchev–Trinajstić information content (AvgIpc) is 3.16. The van der Waals surface area contributed by atoms with E-state index in [1.807, 2.05) is 4.90 Å². The number of hydrogen-bond acceptors (Lipinski definition) is 4. The monoisotopic (exact) mass is 306 g/mol. The fourth-order valence-corrected chi connectivity index (χ4v) is 3.81. The number of rotatable bonds is 4. The van der Waals surface area contributed by atoms with Crippen LogP contribution in [0.2, 0.25) is 0 Å². The van der Waals surface area contributed by atoms with E-state index in [4.69, 9.17) is 0 Å². The van der Waals surface area contributed by atoms with Gasteiger partial charge in [0, 0.05) is 25.6 Å². The van der Waals surface area contributed by atoms with E-state index in [2.05, 4.69) is 21.7 Å². The Labute approximate surface area is 131 Å². The van der Waals surface area contributed by atoms with E-state index in [9.17, 15) is 9.90 Å². The molecule has 1 aliphatic carbocycles. The molecule has 0 spiro atoms. The number of aromatic nitrogens is 3. The Morgan fingerprint density at radius 3 is 2.68 bits per heavy atom. The van der Waals surface area contributed by atoms with E-state index >= 15 is 0 Å². The van der Waals surface area contributed by atoms with Gasteiger partial charge in [-0.3, -0.25) is 4.79 Å². The number of aryl methyl sites for hydroxylation is 1. The number of likely N-dealkylation sites (tertiary alicyclic amines) is 1. The van der Waals surface area contributed by atoms with Gasteiger partial charge in [0.25, 0.3) is 0 Å². The van der Waals surface area contributed by atoms with Gasteiger partial charge in [-0.25, -0.2) is 0 Å². The molecule has 6 nitrogen and oxygen atoms in total. The predicted molar refractivity (Wildman–Crippen MR) is 82.3 cm³/mol. The summed E-state index contributed by atoms with van der Waals surface area (Å²) in [5.41, 5.74) is -0.740. The zero-order valence-electron chi connectivity index (χ0n) is 13.4. The van der Waals surface area contributed by atoms with Crippen LogP contribution in [0.1, 0.15) is 63.6 Å². The third-order valence-corrected chi connectivity index (χ3v) is 5.21. The number of carbonyl (C=O) groups is 1. The van der Waals surface area contributed by atoms with Crippen molar-refractivity contribution in [2.45, 2.75) is 69.9 Å². The molecule has 0 bridgehead atoms. The first-order chi connectivity index (χ1) is 10.6. The summed E-state index contributed by atoms with van der Waals surface area (Å²) in [7, 11) is 0. The summed E-state index contributed by atoms with van der Waals surface area (Å²) >= 11 is 0. The van der Waals surface area contributed by atoms with Crippen LogP contribution in [0.4, 0.5) is 0 Å². The van der Waals surface area contributed by atoms with Gasteiger partial charge < -0.3 is 14.6 Å². The van der Waals surface area contributed by atoms with Gasteiger partial charge in [-0.05, 0) is 32.6 Å². The summed E-state index contributed by atoms with van der Waals surface area (Å²) in [5.74, 6) is 1.55. The Hall–Kier alpha value is -1.43. The molecule has 1 amide bonds. The van der Waals surface area contributed by atoms with E-state index in [1.54, 1.807) is 6.33 Å². The smallest absolute Gasteiger partial charge is 0.225 e. The minimum atomic E-state index is -0.740. The first kappa shape index (κ1) is 15.5. The minimum absolute atomic E-state index is 0.111. The van der Waals surface area contributed by atoms with Gasteiger partial charge in [0.1, 0.15) is 12.2 Å². The molecular weight excluding hydrogens is 280 g/mol. The largest absolute Gasteiger partial charge is 0.389 e. The summed E-state index contributed by atoms with van der Waals surface area (Å²) < 4.78 is 2.09. The topological polar surface area (TPSA) is 71.2 Å². The fraction of sp³-hybridized carbons (Fsp3) is 0.812. The molecule has 1 N–H and O–H groups in total. The zero-order valence-corrected chi connectivity index (χ0v) is 13.4. The second-order valence-corrected chi connectivity index (χ2v) is 6.74. The highest BCUT2D eigenvalue weighted by molar-refractivity contribution is 5.77. The van der Waals surface area contributed by atoms with E-state index in [0.29, 0.717) is 12.3 Å². The molecule has 22 heavy (non-hydrogen) atoms. The third kappa shape index (κ3) is 3.16. The van der Waals surface area contributed by atoms with Crippen LogP contribution in [0.15, 0.2) is 6.33 Å². The molecule has 1 aromatic heterocycles. The van der Waals surface area contributed by atoms with Crippen LogP contribution >= 0.6 is 0 Å². The normalized spacial score (nSPS) is 22.2. The summed E-state index contributed by atoms with van der Waals surface area (Å²) in [6.45, 7) is 4.49. The Bertz CT molecular complexity index is 514. The molecule has 2 aliphatic rings. The molecule has 1 aromatic rings. The maximum atomic E-state index is 12.4. The minimum Gasteiger partial charge on any atom is -0.389 e. The zero-order chi connectivity index (χ0) is 15.6. The van der Waals surface area contributed by atoms with Crippen LogP contribution in [0.5, 0.6) is 0 Å². The standard InChI is InChI=1S/C16H26N4O2/c1-2-19-12-17-18-15(19)13-5-9-20(10-6-13)14(21)11-16(22)7-3-4-8-16/h12-13,22H,2-11H2,1H3. The van der Waals surface area contributed by atoms with Crippen molar-refractivity contribution < 1.29 is 9.90 Å². The molecule has 2 fully saturated rings. The van der Waals surface area contributed by atoms with Crippen molar-refractivity contribution in [3.8, 4) is 0 Å². The highest BCUT2D eigenvalue weighted by atomic mass is 16.3. The van der Waals surface area contributed by atoms with Crippen LogP contribution < -0.4 is 0 Å². The van der Waals surface area contributed by atoms with Gasteiger partial charge in [0.2, 0.25) is 5.91 Å². The van der Waals surface area contributed by atoms with Gasteiger partial charge in [0.05, 0.1) is 12.0 Å². The number of hydrogen-bond donors (Lipinski definition) is 1. The lowest BCUT2D eigenvalue weighted by Gasteiger charge is -2.33. The second kappa shape index (κ2) is 6.36. The molecule has 6 heteroatoms. The molecule has 1 saturated carbocycles. The van der Waals surface area contributed by atoms with Crippen LogP contribution in [-0.4, -0.2) is 49.4 Å². The summed E-state index contributed by atoms with van der Waals surface area (Å²) in [4.78, 5) is 14.3. The van der Waals surface area contributed by atoms with Crippen LogP contribution in [0.3, 0.4) is 0 Å². The highest BCUT2D eigenvalue weighted by Gasteiger charge is 2.36. The van der Waals surface area contributed by atoms with Crippen molar-refractivity contribution in [2.75, 3.05) is 13.1 Å². The van der Waals surface area contributed by atoms with E-state index < -0.39 is 5.60 Å². The number of amides is 1. The van der Waals surface area contributed by atoms with Crippen molar-refractivity contribution in [3.05, 3.63) is 12.2 Å². The van der Waals surface area contributed by atoms with E-state index in [0.717, 1.165) is 64.0 Å². The molecule has 3 rings (SSSR count). The Morgan fingerprint density at radius 2 is 2.05 bits per heavy atom. The molecule has 122 valence electrons. The Morgan fingerprint density at radius 1 is 1.36 bits per heavy atom. The van der Waals surface area contributed by atoms with Crippen molar-refractivity contribution in [3.63, 3.8) is 0 Å². The molecular formula is C16H26N4O2. The number of aliphatic hydroxyl groups is 1. The summed E-state index contributed by atoms with van der Waals surface area (Å²) in [6.07, 6.45) is 7.57. The number of nitrogens with zero attached hydrogens (tertiary/aromatic N) is 4. The lowest BCUT2D eigenvalue weighted by Crippen LogP contribution is -2.42. The van der Waals surface area contributed by atoms with Gasteiger partial charge in [-0.15, -0.1) is 10.2 Å². The fourth-order valence-electron chi connectivity index (χ4n) is 3.81. The third-order valence-electron chi connectivity index (χ3n) is 5.21. The van der Waals surface area contributed by atoms with Crippen molar-refractivity contribution in [1.82, 2.24) is 19.7 Å². The van der Waals surface area contributed by atoms with E-state index in [-0.39, 0.29) is 5.91 Å². The van der Waals surface area contributed by atoms with E-state index in [1.165, 1.54) is 0 Å². The molecule has 2 heterocycles. The predicted octanol–water partition coefficient (Wildman–Crippen LogP) is 1.70. The van der Waals surface area contributed by atoms with Gasteiger partial charge in [0.15, 0.2) is 0 Å². The van der Waals surface area contributed by atoms with Crippen molar-refractivity contribution in [1.29, 1.82) is 0 Å². The molecule has 0 aromatic carbocycles. The van der Waals surface area contributed by atoms with Gasteiger partial charge >= 0.3 is 0 Å². The number of carbonyl (C=O) groups excluding carboxylic acids is 1. The van der Waals surface area contributed by atoms with Gasteiger partial charge in [-0.1, -0.05) is 12.8 Å². The number of piperidine rings is 1. The molecule has 1 saturated heterocycles. The van der Waals surface area contributed by atoms with Crippen molar-refractivity contribution in [2.24, 2.45) is 0 Å². The lowest BCUT2D eigenvalue weighted by atomic mass is 9.93. The Balaban J connectivity index is 1.54. The maximum absolute atomic E-state index is 12.4. The second-order valence-electron chi connectivity index (χ2n) is 6.74. The van der Waals surface area contributed by atoms with Crippen LogP contribution in [0, 0.1) is 0 Å². The average molecular weight is 306 g/mol. The quantitative estimate of drug-likeness (QED) is 0.919. The first-order valence-electron chi connectivity index (χ1n) is 8.49. The SMILES string of the molecule is CCn1cnnc1C1CCN(C(=O)CC2(O)CCCC2)CC1. The molecule has 0 unspecified atom stereocenters. The lowest BCUT2D eigenvalue weighted by molar-refractivity contribution is -0.137. The highest BCUT2D eigenvalue weighted by Crippen LogP contribution is 2.34. The first-order valence-corrected chi connectivity index (χ1v) is 8.49. The maximum Gasteiger partial charge on any atom is 0.225 e. The van der Waals surface area contributed by atoms with Crippen LogP contribution in [0.25, 0.3) is 0 Å². The Kier molecular flexibility index (Phi) is 4.47. The molecule has 0 atom stereocenters. The van der Waals surface area contributed by atoms with Crippen LogP contribution in [-0.2, 0) is 11.3 Å². The van der Waals surface area contributed by atoms with Crippen molar-refractivity contribution >= 4 is 5.91 Å². The summed E-state index contributed by atoms with van der Waals surface area (Å²) in [6, 6.07) is 0. The van der Waals surface area contributed by atoms with Gasteiger partial charge in [-0.2, -0.15) is 0 Å². The molecule has 0 radical (unpaired) electrons. The summed E-state index contributed by atoms with van der Waals surface area (Å²) in [5, 5.41) is 18.6.